The summed E-state index contributed by atoms with van der Waals surface area (Å²) >= 11 is 3.03. The van der Waals surface area contributed by atoms with Crippen molar-refractivity contribution in [1.82, 2.24) is 4.90 Å². The van der Waals surface area contributed by atoms with Crippen LogP contribution in [-0.2, 0) is 11.2 Å². The maximum absolute atomic E-state index is 13.6. The third-order valence-electron chi connectivity index (χ3n) is 5.50. The largest absolute Gasteiger partial charge is 0.334 e. The minimum atomic E-state index is -0.309. The zero-order valence-electron chi connectivity index (χ0n) is 18.1. The Morgan fingerprint density at radius 1 is 0.879 bits per heavy atom. The van der Waals surface area contributed by atoms with Crippen molar-refractivity contribution in [3.8, 4) is 0 Å². The quantitative estimate of drug-likeness (QED) is 0.398. The molecule has 0 N–H and O–H groups in total. The van der Waals surface area contributed by atoms with Crippen molar-refractivity contribution >= 4 is 46.0 Å². The van der Waals surface area contributed by atoms with E-state index in [1.807, 2.05) is 30.3 Å². The molecule has 0 saturated carbocycles. The monoisotopic (exact) mass is 475 g/mol. The van der Waals surface area contributed by atoms with E-state index in [2.05, 4.69) is 36.1 Å². The van der Waals surface area contributed by atoms with Gasteiger partial charge in [0.2, 0.25) is 0 Å². The molecule has 0 aromatic heterocycles. The number of nitrogens with zero attached hydrogens (tertiary/aromatic N) is 3. The summed E-state index contributed by atoms with van der Waals surface area (Å²) in [5, 5.41) is 1.57. The van der Waals surface area contributed by atoms with Crippen molar-refractivity contribution in [1.29, 1.82) is 0 Å². The van der Waals surface area contributed by atoms with E-state index in [4.69, 9.17) is 4.99 Å². The molecule has 0 aliphatic carbocycles. The lowest BCUT2D eigenvalue weighted by atomic mass is 10.1. The molecular formula is C26H22FN3OS2. The van der Waals surface area contributed by atoms with Crippen LogP contribution in [0.5, 0.6) is 0 Å². The molecule has 33 heavy (non-hydrogen) atoms. The molecule has 5 rings (SSSR count). The van der Waals surface area contributed by atoms with Gasteiger partial charge in [-0.25, -0.2) is 9.38 Å². The maximum Gasteiger partial charge on any atom is 0.269 e. The zero-order valence-corrected chi connectivity index (χ0v) is 19.7. The molecule has 2 aliphatic heterocycles. The van der Waals surface area contributed by atoms with Gasteiger partial charge in [-0.3, -0.25) is 9.69 Å². The van der Waals surface area contributed by atoms with E-state index in [0.29, 0.717) is 22.3 Å². The third-order valence-corrected chi connectivity index (χ3v) is 7.88. The first-order chi connectivity index (χ1) is 16.1. The lowest BCUT2D eigenvalue weighted by Gasteiger charge is -2.19. The molecule has 0 spiro atoms. The Bertz CT molecular complexity index is 1240. The van der Waals surface area contributed by atoms with Crippen LogP contribution in [0, 0.1) is 5.82 Å². The lowest BCUT2D eigenvalue weighted by Crippen LogP contribution is -2.32. The van der Waals surface area contributed by atoms with E-state index in [1.165, 1.54) is 23.9 Å². The van der Waals surface area contributed by atoms with Gasteiger partial charge in [0.05, 0.1) is 11.4 Å². The van der Waals surface area contributed by atoms with Gasteiger partial charge >= 0.3 is 0 Å². The van der Waals surface area contributed by atoms with Crippen molar-refractivity contribution in [2.45, 2.75) is 18.2 Å². The fraction of sp³-hybridized carbons (Fsp3) is 0.154. The molecule has 4 nitrogen and oxygen atoms in total. The summed E-state index contributed by atoms with van der Waals surface area (Å²) in [6, 6.07) is 24.4. The Morgan fingerprint density at radius 2 is 1.61 bits per heavy atom. The van der Waals surface area contributed by atoms with E-state index in [-0.39, 0.29) is 11.7 Å². The van der Waals surface area contributed by atoms with Crippen LogP contribution in [-0.4, -0.2) is 29.1 Å². The number of carbonyl (C=O) groups excluding carboxylic acids is 1. The van der Waals surface area contributed by atoms with E-state index in [9.17, 15) is 9.18 Å². The van der Waals surface area contributed by atoms with E-state index >= 15 is 0 Å². The number of para-hydroxylation sites is 1. The first-order valence-electron chi connectivity index (χ1n) is 10.8. The van der Waals surface area contributed by atoms with Crippen molar-refractivity contribution in [2.75, 3.05) is 18.0 Å². The highest BCUT2D eigenvalue weighted by atomic mass is 32.2. The van der Waals surface area contributed by atoms with Gasteiger partial charge in [-0.1, -0.05) is 54.2 Å². The molecule has 0 bridgehead atoms. The van der Waals surface area contributed by atoms with E-state index in [0.717, 1.165) is 34.1 Å². The number of hydrogen-bond donors (Lipinski definition) is 0. The smallest absolute Gasteiger partial charge is 0.269 e. The Balaban J connectivity index is 1.51. The second kappa shape index (κ2) is 9.45. The summed E-state index contributed by atoms with van der Waals surface area (Å²) in [5.41, 5.74) is 2.91. The summed E-state index contributed by atoms with van der Waals surface area (Å²) in [4.78, 5) is 24.1. The highest BCUT2D eigenvalue weighted by Crippen LogP contribution is 2.50. The predicted octanol–water partition coefficient (Wildman–Crippen LogP) is 6.43. The molecule has 2 heterocycles. The molecule has 0 atom stereocenters. The number of aliphatic imine (C=N–C) groups is 1. The first-order valence-corrected chi connectivity index (χ1v) is 12.4. The Labute approximate surface area is 201 Å². The Morgan fingerprint density at radius 3 is 2.36 bits per heavy atom. The molecule has 3 aromatic rings. The zero-order chi connectivity index (χ0) is 22.8. The first kappa shape index (κ1) is 21.8. The van der Waals surface area contributed by atoms with Crippen molar-refractivity contribution in [3.05, 3.63) is 100 Å². The summed E-state index contributed by atoms with van der Waals surface area (Å²) in [7, 11) is 0. The molecule has 7 heteroatoms. The van der Waals surface area contributed by atoms with Gasteiger partial charge in [-0.15, -0.1) is 0 Å². The third kappa shape index (κ3) is 4.43. The number of carbonyl (C=O) groups is 1. The second-order valence-corrected chi connectivity index (χ2v) is 9.62. The van der Waals surface area contributed by atoms with Crippen molar-refractivity contribution in [2.24, 2.45) is 4.99 Å². The van der Waals surface area contributed by atoms with Crippen LogP contribution in [0.2, 0.25) is 0 Å². The van der Waals surface area contributed by atoms with Gasteiger partial charge in [0.25, 0.3) is 5.91 Å². The van der Waals surface area contributed by atoms with E-state index in [1.54, 1.807) is 28.8 Å². The lowest BCUT2D eigenvalue weighted by molar-refractivity contribution is -0.122. The molecule has 1 saturated heterocycles. The summed E-state index contributed by atoms with van der Waals surface area (Å²) in [6.07, 6.45) is 0.725. The molecule has 0 unspecified atom stereocenters. The molecule has 0 radical (unpaired) electrons. The molecule has 166 valence electrons. The predicted molar refractivity (Wildman–Crippen MR) is 135 cm³/mol. The molecule has 2 aliphatic rings. The number of rotatable bonds is 5. The maximum atomic E-state index is 13.6. The SMILES string of the molecule is CCN1C(=C2SC(=Nc3ccc(F)cc3)N(CCc3ccccc3)C2=O)Sc2ccccc21. The van der Waals surface area contributed by atoms with Crippen LogP contribution >= 0.6 is 23.5 Å². The minimum absolute atomic E-state index is 0.0365. The van der Waals surface area contributed by atoms with Crippen LogP contribution in [0.15, 0.2) is 98.7 Å². The fourth-order valence-corrected chi connectivity index (χ4v) is 6.26. The number of halogens is 1. The molecule has 1 fully saturated rings. The van der Waals surface area contributed by atoms with Gasteiger partial charge in [0, 0.05) is 18.0 Å². The van der Waals surface area contributed by atoms with Gasteiger partial charge in [-0.2, -0.15) is 0 Å². The fourth-order valence-electron chi connectivity index (χ4n) is 3.84. The molecule has 3 aromatic carbocycles. The average Bonchev–Trinajstić information content (AvgIpc) is 3.36. The Kier molecular flexibility index (Phi) is 6.24. The van der Waals surface area contributed by atoms with Gasteiger partial charge < -0.3 is 4.90 Å². The number of benzene rings is 3. The van der Waals surface area contributed by atoms with Gasteiger partial charge in [0.15, 0.2) is 5.17 Å². The van der Waals surface area contributed by atoms with Crippen LogP contribution in [0.3, 0.4) is 0 Å². The number of amides is 1. The molecular weight excluding hydrogens is 453 g/mol. The molecule has 1 amide bonds. The Hall–Kier alpha value is -3.03. The number of anilines is 1. The highest BCUT2D eigenvalue weighted by molar-refractivity contribution is 8.19. The number of fused-ring (bicyclic) bond motifs is 1. The van der Waals surface area contributed by atoms with Crippen molar-refractivity contribution in [3.63, 3.8) is 0 Å². The number of hydrogen-bond acceptors (Lipinski definition) is 5. The van der Waals surface area contributed by atoms with Gasteiger partial charge in [-0.05, 0) is 67.1 Å². The minimum Gasteiger partial charge on any atom is -0.334 e. The summed E-state index contributed by atoms with van der Waals surface area (Å²) < 4.78 is 13.4. The number of amidine groups is 1. The number of thioether (sulfide) groups is 2. The van der Waals surface area contributed by atoms with Gasteiger partial charge in [0.1, 0.15) is 15.8 Å². The van der Waals surface area contributed by atoms with Crippen LogP contribution < -0.4 is 4.90 Å². The van der Waals surface area contributed by atoms with Crippen molar-refractivity contribution < 1.29 is 9.18 Å². The second-order valence-electron chi connectivity index (χ2n) is 7.61. The topological polar surface area (TPSA) is 35.9 Å². The summed E-state index contributed by atoms with van der Waals surface area (Å²) in [6.45, 7) is 3.38. The van der Waals surface area contributed by atoms with Crippen LogP contribution in [0.4, 0.5) is 15.8 Å². The highest BCUT2D eigenvalue weighted by Gasteiger charge is 2.39. The normalized spacial score (nSPS) is 19.0. The summed E-state index contributed by atoms with van der Waals surface area (Å²) in [5.74, 6) is -0.345. The average molecular weight is 476 g/mol. The standard InChI is InChI=1S/C26H22FN3OS2/c1-2-29-21-10-6-7-11-22(21)32-25(29)23-24(31)30(17-16-18-8-4-3-5-9-18)26(33-23)28-20-14-12-19(27)13-15-20/h3-15H,2,16-17H2,1H3. The van der Waals surface area contributed by atoms with Crippen LogP contribution in [0.1, 0.15) is 12.5 Å². The van der Waals surface area contributed by atoms with Crippen LogP contribution in [0.25, 0.3) is 0 Å². The van der Waals surface area contributed by atoms with E-state index < -0.39 is 0 Å².